The van der Waals surface area contributed by atoms with Crippen LogP contribution in [0.5, 0.6) is 11.5 Å². The Bertz CT molecular complexity index is 566. The SMILES string of the molecule is COc1ccc(OC)c(C(Cl)c2ccccc2C)c1. The van der Waals surface area contributed by atoms with Crippen LogP contribution >= 0.6 is 11.6 Å². The van der Waals surface area contributed by atoms with E-state index in [2.05, 4.69) is 13.0 Å². The van der Waals surface area contributed by atoms with Crippen LogP contribution in [-0.4, -0.2) is 14.2 Å². The molecule has 0 saturated heterocycles. The summed E-state index contributed by atoms with van der Waals surface area (Å²) < 4.78 is 10.6. The summed E-state index contributed by atoms with van der Waals surface area (Å²) in [7, 11) is 3.29. The molecule has 100 valence electrons. The third kappa shape index (κ3) is 2.85. The second-order valence-electron chi connectivity index (χ2n) is 4.33. The van der Waals surface area contributed by atoms with Gasteiger partial charge in [0.25, 0.3) is 0 Å². The number of hydrogen-bond acceptors (Lipinski definition) is 2. The lowest BCUT2D eigenvalue weighted by molar-refractivity contribution is 0.399. The van der Waals surface area contributed by atoms with Crippen LogP contribution in [0.1, 0.15) is 22.1 Å². The Kier molecular flexibility index (Phi) is 4.33. The minimum atomic E-state index is -0.258. The summed E-state index contributed by atoms with van der Waals surface area (Å²) in [5.74, 6) is 1.54. The van der Waals surface area contributed by atoms with Gasteiger partial charge in [-0.2, -0.15) is 0 Å². The van der Waals surface area contributed by atoms with Crippen molar-refractivity contribution in [2.24, 2.45) is 0 Å². The molecule has 3 heteroatoms. The Morgan fingerprint density at radius 2 is 1.68 bits per heavy atom. The highest BCUT2D eigenvalue weighted by molar-refractivity contribution is 6.23. The highest BCUT2D eigenvalue weighted by atomic mass is 35.5. The van der Waals surface area contributed by atoms with Gasteiger partial charge in [0.1, 0.15) is 11.5 Å². The van der Waals surface area contributed by atoms with Gasteiger partial charge in [-0.1, -0.05) is 24.3 Å². The van der Waals surface area contributed by atoms with Crippen molar-refractivity contribution in [1.29, 1.82) is 0 Å². The smallest absolute Gasteiger partial charge is 0.124 e. The molecule has 0 N–H and O–H groups in total. The summed E-state index contributed by atoms with van der Waals surface area (Å²) in [5.41, 5.74) is 3.15. The molecule has 2 aromatic carbocycles. The molecule has 0 aliphatic rings. The van der Waals surface area contributed by atoms with Gasteiger partial charge >= 0.3 is 0 Å². The van der Waals surface area contributed by atoms with Gasteiger partial charge in [0, 0.05) is 5.56 Å². The molecule has 1 unspecified atom stereocenters. The first-order valence-corrected chi connectivity index (χ1v) is 6.52. The molecule has 2 rings (SSSR count). The Morgan fingerprint density at radius 1 is 0.947 bits per heavy atom. The van der Waals surface area contributed by atoms with Crippen molar-refractivity contribution in [3.63, 3.8) is 0 Å². The van der Waals surface area contributed by atoms with Gasteiger partial charge in [0.15, 0.2) is 0 Å². The molecular weight excluding hydrogens is 260 g/mol. The van der Waals surface area contributed by atoms with E-state index < -0.39 is 0 Å². The maximum atomic E-state index is 6.61. The van der Waals surface area contributed by atoms with E-state index in [0.717, 1.165) is 28.2 Å². The molecule has 0 aliphatic carbocycles. The van der Waals surface area contributed by atoms with Crippen molar-refractivity contribution >= 4 is 11.6 Å². The highest BCUT2D eigenvalue weighted by Gasteiger charge is 2.18. The summed E-state index contributed by atoms with van der Waals surface area (Å²) in [5, 5.41) is -0.258. The molecule has 0 heterocycles. The van der Waals surface area contributed by atoms with Crippen LogP contribution in [-0.2, 0) is 0 Å². The predicted octanol–water partition coefficient (Wildman–Crippen LogP) is 4.34. The Balaban J connectivity index is 2.48. The van der Waals surface area contributed by atoms with Gasteiger partial charge in [-0.15, -0.1) is 11.6 Å². The Morgan fingerprint density at radius 3 is 2.32 bits per heavy atom. The summed E-state index contributed by atoms with van der Waals surface area (Å²) in [6.45, 7) is 2.05. The molecule has 0 aliphatic heterocycles. The molecular formula is C16H17ClO2. The Labute approximate surface area is 118 Å². The van der Waals surface area contributed by atoms with E-state index in [0.29, 0.717) is 0 Å². The van der Waals surface area contributed by atoms with E-state index in [-0.39, 0.29) is 5.38 Å². The molecule has 0 fully saturated rings. The van der Waals surface area contributed by atoms with E-state index in [1.807, 2.05) is 36.4 Å². The lowest BCUT2D eigenvalue weighted by Gasteiger charge is -2.17. The predicted molar refractivity (Wildman–Crippen MR) is 78.4 cm³/mol. The van der Waals surface area contributed by atoms with Crippen LogP contribution in [0.2, 0.25) is 0 Å². The molecule has 1 atom stereocenters. The average molecular weight is 277 g/mol. The maximum absolute atomic E-state index is 6.61. The van der Waals surface area contributed by atoms with Crippen LogP contribution < -0.4 is 9.47 Å². The van der Waals surface area contributed by atoms with Crippen LogP contribution in [0.4, 0.5) is 0 Å². The number of halogens is 1. The topological polar surface area (TPSA) is 18.5 Å². The van der Waals surface area contributed by atoms with E-state index in [9.17, 15) is 0 Å². The third-order valence-corrected chi connectivity index (χ3v) is 3.64. The number of ether oxygens (including phenoxy) is 2. The fourth-order valence-corrected chi connectivity index (χ4v) is 2.49. The van der Waals surface area contributed by atoms with Crippen LogP contribution in [0.15, 0.2) is 42.5 Å². The fourth-order valence-electron chi connectivity index (χ4n) is 2.08. The number of aryl methyl sites for hydroxylation is 1. The van der Waals surface area contributed by atoms with Crippen molar-refractivity contribution in [3.05, 3.63) is 59.2 Å². The molecule has 0 bridgehead atoms. The number of benzene rings is 2. The van der Waals surface area contributed by atoms with Crippen molar-refractivity contribution in [2.75, 3.05) is 14.2 Å². The van der Waals surface area contributed by atoms with Crippen LogP contribution in [0.3, 0.4) is 0 Å². The third-order valence-electron chi connectivity index (χ3n) is 3.17. The minimum Gasteiger partial charge on any atom is -0.497 e. The number of alkyl halides is 1. The first kappa shape index (κ1) is 13.8. The molecule has 0 radical (unpaired) electrons. The molecule has 2 aromatic rings. The molecule has 0 aromatic heterocycles. The zero-order valence-electron chi connectivity index (χ0n) is 11.3. The van der Waals surface area contributed by atoms with Gasteiger partial charge in [-0.25, -0.2) is 0 Å². The van der Waals surface area contributed by atoms with Crippen molar-refractivity contribution < 1.29 is 9.47 Å². The van der Waals surface area contributed by atoms with E-state index >= 15 is 0 Å². The lowest BCUT2D eigenvalue weighted by Crippen LogP contribution is -2.00. The van der Waals surface area contributed by atoms with E-state index in [1.165, 1.54) is 0 Å². The normalized spacial score (nSPS) is 12.0. The van der Waals surface area contributed by atoms with Crippen molar-refractivity contribution in [1.82, 2.24) is 0 Å². The summed E-state index contributed by atoms with van der Waals surface area (Å²) in [6, 6.07) is 13.7. The van der Waals surface area contributed by atoms with Gasteiger partial charge in [0.05, 0.1) is 19.6 Å². The van der Waals surface area contributed by atoms with Gasteiger partial charge < -0.3 is 9.47 Å². The zero-order chi connectivity index (χ0) is 13.8. The molecule has 2 nitrogen and oxygen atoms in total. The summed E-state index contributed by atoms with van der Waals surface area (Å²) >= 11 is 6.61. The monoisotopic (exact) mass is 276 g/mol. The lowest BCUT2D eigenvalue weighted by atomic mass is 9.99. The maximum Gasteiger partial charge on any atom is 0.124 e. The molecule has 0 saturated carbocycles. The van der Waals surface area contributed by atoms with Gasteiger partial charge in [-0.3, -0.25) is 0 Å². The van der Waals surface area contributed by atoms with Crippen molar-refractivity contribution in [2.45, 2.75) is 12.3 Å². The van der Waals surface area contributed by atoms with Gasteiger partial charge in [0.2, 0.25) is 0 Å². The fraction of sp³-hybridized carbons (Fsp3) is 0.250. The first-order valence-electron chi connectivity index (χ1n) is 6.09. The van der Waals surface area contributed by atoms with Gasteiger partial charge in [-0.05, 0) is 36.2 Å². The van der Waals surface area contributed by atoms with E-state index in [4.69, 9.17) is 21.1 Å². The second-order valence-corrected chi connectivity index (χ2v) is 4.76. The summed E-state index contributed by atoms with van der Waals surface area (Å²) in [6.07, 6.45) is 0. The van der Waals surface area contributed by atoms with Crippen LogP contribution in [0, 0.1) is 6.92 Å². The molecule has 0 amide bonds. The number of hydrogen-bond donors (Lipinski definition) is 0. The standard InChI is InChI=1S/C16H17ClO2/c1-11-6-4-5-7-13(11)16(17)14-10-12(18-2)8-9-15(14)19-3/h4-10,16H,1-3H3. The van der Waals surface area contributed by atoms with E-state index in [1.54, 1.807) is 14.2 Å². The minimum absolute atomic E-state index is 0.258. The van der Waals surface area contributed by atoms with Crippen LogP contribution in [0.25, 0.3) is 0 Å². The Hall–Kier alpha value is -1.67. The largest absolute Gasteiger partial charge is 0.497 e. The average Bonchev–Trinajstić information content (AvgIpc) is 2.46. The highest BCUT2D eigenvalue weighted by Crippen LogP contribution is 2.38. The number of rotatable bonds is 4. The quantitative estimate of drug-likeness (QED) is 0.774. The first-order chi connectivity index (χ1) is 9.17. The van der Waals surface area contributed by atoms with Crippen molar-refractivity contribution in [3.8, 4) is 11.5 Å². The number of methoxy groups -OCH3 is 2. The summed E-state index contributed by atoms with van der Waals surface area (Å²) in [4.78, 5) is 0. The molecule has 0 spiro atoms. The second kappa shape index (κ2) is 5.98. The zero-order valence-corrected chi connectivity index (χ0v) is 12.1. The molecule has 19 heavy (non-hydrogen) atoms.